The molecular weight excluding hydrogens is 203 g/mol. The van der Waals surface area contributed by atoms with Gasteiger partial charge in [-0.3, -0.25) is 4.68 Å². The monoisotopic (exact) mass is 209 g/mol. The Labute approximate surface area is 75.9 Å². The number of nitrogen functional groups attached to an aromatic ring is 1. The maximum atomic E-state index is 11.8. The lowest BCUT2D eigenvalue weighted by molar-refractivity contribution is -0.142. The van der Waals surface area contributed by atoms with Crippen LogP contribution in [0.15, 0.2) is 6.20 Å². The highest BCUT2D eigenvalue weighted by Gasteiger charge is 2.29. The molecule has 0 fully saturated rings. The Balaban J connectivity index is 2.92. The number of carboxylic acids is 1. The third-order valence-electron chi connectivity index (χ3n) is 1.33. The van der Waals surface area contributed by atoms with Crippen LogP contribution in [0, 0.1) is 0 Å². The third kappa shape index (κ3) is 2.38. The number of aromatic nitrogens is 2. The Kier molecular flexibility index (Phi) is 2.37. The molecule has 1 heterocycles. The molecule has 1 aromatic heterocycles. The van der Waals surface area contributed by atoms with Crippen molar-refractivity contribution < 1.29 is 23.1 Å². The van der Waals surface area contributed by atoms with Gasteiger partial charge in [0.1, 0.15) is 6.54 Å². The van der Waals surface area contributed by atoms with Crippen molar-refractivity contribution in [3.05, 3.63) is 11.9 Å². The number of nitrogens with two attached hydrogens (primary N) is 1. The quantitative estimate of drug-likeness (QED) is 0.752. The van der Waals surface area contributed by atoms with Gasteiger partial charge in [-0.15, -0.1) is 0 Å². The summed E-state index contributed by atoms with van der Waals surface area (Å²) in [7, 11) is 0. The van der Waals surface area contributed by atoms with Gasteiger partial charge in [0.05, 0.1) is 5.69 Å². The molecule has 1 aromatic rings. The van der Waals surface area contributed by atoms with E-state index >= 15 is 0 Å². The summed E-state index contributed by atoms with van der Waals surface area (Å²) in [6.45, 7) is -1.36. The van der Waals surface area contributed by atoms with Gasteiger partial charge in [-0.2, -0.15) is 18.3 Å². The van der Waals surface area contributed by atoms with Crippen LogP contribution in [-0.2, 0) is 6.54 Å². The van der Waals surface area contributed by atoms with E-state index in [2.05, 4.69) is 5.10 Å². The van der Waals surface area contributed by atoms with E-state index < -0.39 is 24.4 Å². The molecular formula is C6H6F3N3O2. The minimum Gasteiger partial charge on any atom is -0.476 e. The molecule has 0 aromatic carbocycles. The molecule has 78 valence electrons. The van der Waals surface area contributed by atoms with Crippen molar-refractivity contribution in [2.75, 3.05) is 5.73 Å². The van der Waals surface area contributed by atoms with E-state index in [1.807, 2.05) is 0 Å². The number of hydrogen-bond donors (Lipinski definition) is 2. The van der Waals surface area contributed by atoms with E-state index in [1.54, 1.807) is 0 Å². The molecule has 3 N–H and O–H groups in total. The molecule has 0 aliphatic carbocycles. The maximum Gasteiger partial charge on any atom is 0.408 e. The van der Waals surface area contributed by atoms with Crippen LogP contribution < -0.4 is 5.73 Å². The molecule has 0 radical (unpaired) electrons. The highest BCUT2D eigenvalue weighted by molar-refractivity contribution is 5.91. The lowest BCUT2D eigenvalue weighted by atomic mass is 10.4. The van der Waals surface area contributed by atoms with E-state index in [0.717, 1.165) is 6.20 Å². The fourth-order valence-electron chi connectivity index (χ4n) is 0.868. The molecule has 0 spiro atoms. The van der Waals surface area contributed by atoms with Gasteiger partial charge in [-0.25, -0.2) is 4.79 Å². The zero-order chi connectivity index (χ0) is 10.9. The van der Waals surface area contributed by atoms with Crippen molar-refractivity contribution in [2.24, 2.45) is 0 Å². The number of carbonyl (C=O) groups is 1. The van der Waals surface area contributed by atoms with Gasteiger partial charge < -0.3 is 10.8 Å². The minimum absolute atomic E-state index is 0.290. The molecule has 0 unspecified atom stereocenters. The zero-order valence-corrected chi connectivity index (χ0v) is 6.75. The molecule has 1 rings (SSSR count). The van der Waals surface area contributed by atoms with Crippen molar-refractivity contribution in [2.45, 2.75) is 12.7 Å². The number of aromatic carboxylic acids is 1. The first kappa shape index (κ1) is 10.4. The molecule has 0 bridgehead atoms. The summed E-state index contributed by atoms with van der Waals surface area (Å²) >= 11 is 0. The predicted octanol–water partition coefficient (Wildman–Crippen LogP) is 0.726. The summed E-state index contributed by atoms with van der Waals surface area (Å²) in [5, 5.41) is 11.6. The molecule has 5 nitrogen and oxygen atoms in total. The fraction of sp³-hybridized carbons (Fsp3) is 0.333. The average molecular weight is 209 g/mol. The average Bonchev–Trinajstić information content (AvgIpc) is 2.26. The Morgan fingerprint density at radius 3 is 2.57 bits per heavy atom. The predicted molar refractivity (Wildman–Crippen MR) is 39.7 cm³/mol. The van der Waals surface area contributed by atoms with Crippen LogP contribution in [0.25, 0.3) is 0 Å². The third-order valence-corrected chi connectivity index (χ3v) is 1.33. The normalized spacial score (nSPS) is 11.6. The first-order valence-corrected chi connectivity index (χ1v) is 3.42. The Hall–Kier alpha value is -1.73. The summed E-state index contributed by atoms with van der Waals surface area (Å²) in [5.41, 5.74) is 4.26. The summed E-state index contributed by atoms with van der Waals surface area (Å²) < 4.78 is 35.9. The summed E-state index contributed by atoms with van der Waals surface area (Å²) in [4.78, 5) is 10.4. The lowest BCUT2D eigenvalue weighted by Crippen LogP contribution is -2.18. The van der Waals surface area contributed by atoms with Crippen molar-refractivity contribution in [3.63, 3.8) is 0 Å². The topological polar surface area (TPSA) is 81.1 Å². The number of anilines is 1. The largest absolute Gasteiger partial charge is 0.476 e. The van der Waals surface area contributed by atoms with E-state index in [4.69, 9.17) is 10.8 Å². The van der Waals surface area contributed by atoms with Crippen molar-refractivity contribution >= 4 is 11.7 Å². The van der Waals surface area contributed by atoms with Gasteiger partial charge in [0, 0.05) is 6.20 Å². The lowest BCUT2D eigenvalue weighted by Gasteiger charge is -2.04. The molecule has 0 amide bonds. The molecule has 0 saturated carbocycles. The fourth-order valence-corrected chi connectivity index (χ4v) is 0.868. The molecule has 0 atom stereocenters. The first-order chi connectivity index (χ1) is 6.29. The van der Waals surface area contributed by atoms with Crippen LogP contribution in [0.2, 0.25) is 0 Å². The summed E-state index contributed by atoms with van der Waals surface area (Å²) in [5.74, 6) is -1.46. The first-order valence-electron chi connectivity index (χ1n) is 3.42. The molecule has 0 aliphatic heterocycles. The summed E-state index contributed by atoms with van der Waals surface area (Å²) in [6.07, 6.45) is -3.62. The van der Waals surface area contributed by atoms with Crippen LogP contribution in [0.5, 0.6) is 0 Å². The summed E-state index contributed by atoms with van der Waals surface area (Å²) in [6, 6.07) is 0. The van der Waals surface area contributed by atoms with E-state index in [9.17, 15) is 18.0 Å². The molecule has 0 aliphatic rings. The van der Waals surface area contributed by atoms with E-state index in [0.29, 0.717) is 4.68 Å². The number of nitrogens with zero attached hydrogens (tertiary/aromatic N) is 2. The Bertz CT molecular complexity index is 358. The number of carboxylic acid groups (broad SMARTS) is 1. The number of halogens is 3. The van der Waals surface area contributed by atoms with Crippen LogP contribution >= 0.6 is 0 Å². The highest BCUT2D eigenvalue weighted by atomic mass is 19.4. The number of alkyl halides is 3. The van der Waals surface area contributed by atoms with Crippen LogP contribution in [0.4, 0.5) is 18.9 Å². The van der Waals surface area contributed by atoms with Gasteiger partial charge in [-0.1, -0.05) is 0 Å². The Morgan fingerprint density at radius 1 is 1.64 bits per heavy atom. The Morgan fingerprint density at radius 2 is 2.21 bits per heavy atom. The van der Waals surface area contributed by atoms with E-state index in [-0.39, 0.29) is 5.69 Å². The van der Waals surface area contributed by atoms with Crippen molar-refractivity contribution in [1.29, 1.82) is 0 Å². The molecule has 14 heavy (non-hydrogen) atoms. The standard InChI is InChI=1S/C6H6F3N3O2/c7-6(8,9)2-12-1-3(10)4(11-12)5(13)14/h1H,2,10H2,(H,13,14). The van der Waals surface area contributed by atoms with Crippen LogP contribution in [0.1, 0.15) is 10.5 Å². The van der Waals surface area contributed by atoms with Crippen molar-refractivity contribution in [1.82, 2.24) is 9.78 Å². The van der Waals surface area contributed by atoms with Crippen LogP contribution in [-0.4, -0.2) is 27.0 Å². The second kappa shape index (κ2) is 3.20. The van der Waals surface area contributed by atoms with Gasteiger partial charge in [-0.05, 0) is 0 Å². The molecule has 8 heteroatoms. The zero-order valence-electron chi connectivity index (χ0n) is 6.75. The van der Waals surface area contributed by atoms with Crippen molar-refractivity contribution in [3.8, 4) is 0 Å². The van der Waals surface area contributed by atoms with E-state index in [1.165, 1.54) is 0 Å². The van der Waals surface area contributed by atoms with Gasteiger partial charge in [0.2, 0.25) is 0 Å². The van der Waals surface area contributed by atoms with Gasteiger partial charge >= 0.3 is 12.1 Å². The second-order valence-electron chi connectivity index (χ2n) is 2.55. The second-order valence-corrected chi connectivity index (χ2v) is 2.55. The minimum atomic E-state index is -4.45. The molecule has 0 saturated heterocycles. The van der Waals surface area contributed by atoms with Crippen LogP contribution in [0.3, 0.4) is 0 Å². The smallest absolute Gasteiger partial charge is 0.408 e. The van der Waals surface area contributed by atoms with Gasteiger partial charge in [0.25, 0.3) is 0 Å². The highest BCUT2D eigenvalue weighted by Crippen LogP contribution is 2.18. The maximum absolute atomic E-state index is 11.8. The number of hydrogen-bond acceptors (Lipinski definition) is 3. The SMILES string of the molecule is Nc1cn(CC(F)(F)F)nc1C(=O)O. The van der Waals surface area contributed by atoms with Gasteiger partial charge in [0.15, 0.2) is 5.69 Å². The number of rotatable bonds is 2.